The van der Waals surface area contributed by atoms with Crippen LogP contribution >= 0.6 is 22.9 Å². The fourth-order valence-electron chi connectivity index (χ4n) is 3.07. The number of amides is 1. The highest BCUT2D eigenvalue weighted by molar-refractivity contribution is 7.23. The van der Waals surface area contributed by atoms with Crippen molar-refractivity contribution in [2.45, 2.75) is 20.4 Å². The third-order valence-electron chi connectivity index (χ3n) is 4.63. The molecule has 0 saturated heterocycles. The van der Waals surface area contributed by atoms with E-state index in [2.05, 4.69) is 4.98 Å². The monoisotopic (exact) mass is 437 g/mol. The Labute approximate surface area is 183 Å². The maximum Gasteiger partial charge on any atom is 0.267 e. The van der Waals surface area contributed by atoms with Gasteiger partial charge in [-0.25, -0.2) is 4.98 Å². The standard InChI is InChI=1S/C23H20ClN3O2S/c1-15-5-3-7-18(11-15)29-14-20(28)27(13-17-6-4-10-25-12-17)23-26-21-16(2)8-9-19(24)22(21)30-23/h3-12H,13-14H2,1-2H3. The number of ether oxygens (including phenoxy) is 1. The van der Waals surface area contributed by atoms with Crippen molar-refractivity contribution in [2.24, 2.45) is 0 Å². The van der Waals surface area contributed by atoms with E-state index in [-0.39, 0.29) is 12.5 Å². The number of pyridine rings is 1. The van der Waals surface area contributed by atoms with E-state index in [4.69, 9.17) is 21.3 Å². The first kappa shape index (κ1) is 20.3. The molecule has 0 unspecified atom stereocenters. The first-order valence-corrected chi connectivity index (χ1v) is 10.6. The molecule has 0 fully saturated rings. The van der Waals surface area contributed by atoms with E-state index in [0.29, 0.717) is 22.4 Å². The first-order valence-electron chi connectivity index (χ1n) is 9.45. The summed E-state index contributed by atoms with van der Waals surface area (Å²) >= 11 is 7.78. The SMILES string of the molecule is Cc1cccc(OCC(=O)N(Cc2cccnc2)c2nc3c(C)ccc(Cl)c3s2)c1. The van der Waals surface area contributed by atoms with Crippen LogP contribution in [0.15, 0.2) is 60.9 Å². The van der Waals surface area contributed by atoms with E-state index >= 15 is 0 Å². The van der Waals surface area contributed by atoms with Crippen LogP contribution in [-0.2, 0) is 11.3 Å². The van der Waals surface area contributed by atoms with Gasteiger partial charge in [-0.3, -0.25) is 14.7 Å². The number of thiazole rings is 1. The van der Waals surface area contributed by atoms with Crippen LogP contribution in [0.25, 0.3) is 10.2 Å². The highest BCUT2D eigenvalue weighted by atomic mass is 35.5. The molecular weight excluding hydrogens is 418 g/mol. The Morgan fingerprint density at radius 3 is 2.77 bits per heavy atom. The van der Waals surface area contributed by atoms with Gasteiger partial charge in [0.2, 0.25) is 0 Å². The van der Waals surface area contributed by atoms with Crippen LogP contribution in [0.4, 0.5) is 5.13 Å². The van der Waals surface area contributed by atoms with Crippen LogP contribution in [0, 0.1) is 13.8 Å². The summed E-state index contributed by atoms with van der Waals surface area (Å²) in [6.07, 6.45) is 3.45. The zero-order chi connectivity index (χ0) is 21.1. The van der Waals surface area contributed by atoms with Crippen LogP contribution in [0.3, 0.4) is 0 Å². The molecule has 0 bridgehead atoms. The van der Waals surface area contributed by atoms with Crippen molar-refractivity contribution in [2.75, 3.05) is 11.5 Å². The predicted octanol–water partition coefficient (Wildman–Crippen LogP) is 5.57. The van der Waals surface area contributed by atoms with Crippen molar-refractivity contribution in [3.8, 4) is 5.75 Å². The number of carbonyl (C=O) groups is 1. The summed E-state index contributed by atoms with van der Waals surface area (Å²) in [5, 5.41) is 1.21. The average Bonchev–Trinajstić information content (AvgIpc) is 3.20. The Balaban J connectivity index is 1.65. The highest BCUT2D eigenvalue weighted by Crippen LogP contribution is 2.36. The van der Waals surface area contributed by atoms with E-state index in [0.717, 1.165) is 26.9 Å². The minimum Gasteiger partial charge on any atom is -0.484 e. The van der Waals surface area contributed by atoms with E-state index in [1.165, 1.54) is 11.3 Å². The second kappa shape index (κ2) is 8.81. The Morgan fingerprint density at radius 2 is 2.03 bits per heavy atom. The molecule has 0 radical (unpaired) electrons. The fraction of sp³-hybridized carbons (Fsp3) is 0.174. The van der Waals surface area contributed by atoms with Gasteiger partial charge in [0, 0.05) is 12.4 Å². The van der Waals surface area contributed by atoms with E-state index < -0.39 is 0 Å². The minimum absolute atomic E-state index is 0.0909. The predicted molar refractivity (Wildman–Crippen MR) is 121 cm³/mol. The molecule has 2 heterocycles. The summed E-state index contributed by atoms with van der Waals surface area (Å²) in [5.74, 6) is 0.473. The molecule has 0 N–H and O–H groups in total. The number of hydrogen-bond acceptors (Lipinski definition) is 5. The third-order valence-corrected chi connectivity index (χ3v) is 6.17. The molecule has 0 aliphatic rings. The van der Waals surface area contributed by atoms with Gasteiger partial charge in [-0.2, -0.15) is 0 Å². The zero-order valence-corrected chi connectivity index (χ0v) is 18.2. The molecule has 7 heteroatoms. The molecule has 0 atom stereocenters. The summed E-state index contributed by atoms with van der Waals surface area (Å²) in [6, 6.07) is 15.2. The number of anilines is 1. The van der Waals surface area contributed by atoms with E-state index in [9.17, 15) is 4.79 Å². The summed E-state index contributed by atoms with van der Waals surface area (Å²) in [6.45, 7) is 4.22. The van der Waals surface area contributed by atoms with Gasteiger partial charge in [0.15, 0.2) is 11.7 Å². The van der Waals surface area contributed by atoms with Gasteiger partial charge < -0.3 is 4.74 Å². The van der Waals surface area contributed by atoms with Gasteiger partial charge in [-0.1, -0.05) is 47.2 Å². The summed E-state index contributed by atoms with van der Waals surface area (Å²) in [4.78, 5) is 23.7. The Kier molecular flexibility index (Phi) is 5.97. The first-order chi connectivity index (χ1) is 14.5. The number of carbonyl (C=O) groups excluding carboxylic acids is 1. The van der Waals surface area contributed by atoms with Crippen LogP contribution < -0.4 is 9.64 Å². The molecule has 4 aromatic rings. The fourth-order valence-corrected chi connectivity index (χ4v) is 4.40. The second-order valence-corrected chi connectivity index (χ2v) is 8.37. The third kappa shape index (κ3) is 4.45. The van der Waals surface area contributed by atoms with Crippen LogP contribution in [-0.4, -0.2) is 22.5 Å². The summed E-state index contributed by atoms with van der Waals surface area (Å²) in [5.41, 5.74) is 3.81. The molecule has 0 aliphatic carbocycles. The molecule has 4 rings (SSSR count). The summed E-state index contributed by atoms with van der Waals surface area (Å²) in [7, 11) is 0. The van der Waals surface area contributed by atoms with Crippen molar-refractivity contribution >= 4 is 44.2 Å². The van der Waals surface area contributed by atoms with Gasteiger partial charge in [0.1, 0.15) is 5.75 Å². The topological polar surface area (TPSA) is 55.3 Å². The number of halogens is 1. The normalized spacial score (nSPS) is 10.9. The minimum atomic E-state index is -0.187. The number of benzene rings is 2. The Bertz CT molecular complexity index is 1150. The maximum atomic E-state index is 13.2. The van der Waals surface area contributed by atoms with Crippen LogP contribution in [0.1, 0.15) is 16.7 Å². The maximum absolute atomic E-state index is 13.2. The van der Waals surface area contributed by atoms with E-state index in [1.807, 2.05) is 62.4 Å². The van der Waals surface area contributed by atoms with Gasteiger partial charge in [-0.05, 0) is 54.8 Å². The lowest BCUT2D eigenvalue weighted by atomic mass is 10.2. The zero-order valence-electron chi connectivity index (χ0n) is 16.6. The van der Waals surface area contributed by atoms with Gasteiger partial charge in [-0.15, -0.1) is 0 Å². The largest absolute Gasteiger partial charge is 0.484 e. The molecular formula is C23H20ClN3O2S. The van der Waals surface area contributed by atoms with Gasteiger partial charge >= 0.3 is 0 Å². The number of hydrogen-bond donors (Lipinski definition) is 0. The summed E-state index contributed by atoms with van der Waals surface area (Å²) < 4.78 is 6.62. The highest BCUT2D eigenvalue weighted by Gasteiger charge is 2.22. The quantitative estimate of drug-likeness (QED) is 0.395. The Morgan fingerprint density at radius 1 is 1.17 bits per heavy atom. The number of aryl methyl sites for hydroxylation is 2. The lowest BCUT2D eigenvalue weighted by Gasteiger charge is -2.20. The molecule has 1 amide bonds. The average molecular weight is 438 g/mol. The van der Waals surface area contributed by atoms with Crippen molar-refractivity contribution in [3.63, 3.8) is 0 Å². The molecule has 5 nitrogen and oxygen atoms in total. The lowest BCUT2D eigenvalue weighted by Crippen LogP contribution is -2.34. The number of fused-ring (bicyclic) bond motifs is 1. The molecule has 152 valence electrons. The van der Waals surface area contributed by atoms with Gasteiger partial charge in [0.05, 0.1) is 21.8 Å². The number of aromatic nitrogens is 2. The van der Waals surface area contributed by atoms with Crippen molar-refractivity contribution in [3.05, 3.63) is 82.6 Å². The lowest BCUT2D eigenvalue weighted by molar-refractivity contribution is -0.120. The van der Waals surface area contributed by atoms with Gasteiger partial charge in [0.25, 0.3) is 5.91 Å². The Hall–Kier alpha value is -2.96. The molecule has 0 spiro atoms. The van der Waals surface area contributed by atoms with Crippen LogP contribution in [0.2, 0.25) is 5.02 Å². The smallest absolute Gasteiger partial charge is 0.267 e. The van der Waals surface area contributed by atoms with Crippen molar-refractivity contribution in [1.82, 2.24) is 9.97 Å². The second-order valence-electron chi connectivity index (χ2n) is 6.98. The number of rotatable bonds is 6. The molecule has 30 heavy (non-hydrogen) atoms. The van der Waals surface area contributed by atoms with Crippen molar-refractivity contribution < 1.29 is 9.53 Å². The van der Waals surface area contributed by atoms with E-state index in [1.54, 1.807) is 17.3 Å². The molecule has 0 aliphatic heterocycles. The number of nitrogens with zero attached hydrogens (tertiary/aromatic N) is 3. The molecule has 0 saturated carbocycles. The van der Waals surface area contributed by atoms with Crippen LogP contribution in [0.5, 0.6) is 5.75 Å². The molecule has 2 aromatic heterocycles. The molecule has 2 aromatic carbocycles. The van der Waals surface area contributed by atoms with Crippen molar-refractivity contribution in [1.29, 1.82) is 0 Å².